The van der Waals surface area contributed by atoms with Gasteiger partial charge in [0.05, 0.1) is 0 Å². The first-order chi connectivity index (χ1) is 14.7. The Morgan fingerprint density at radius 1 is 0.969 bits per heavy atom. The maximum atomic E-state index is 13.9. The second kappa shape index (κ2) is 9.02. The highest BCUT2D eigenvalue weighted by Crippen LogP contribution is 2.37. The van der Waals surface area contributed by atoms with Crippen molar-refractivity contribution in [1.82, 2.24) is 0 Å². The first kappa shape index (κ1) is 23.9. The van der Waals surface area contributed by atoms with Crippen LogP contribution in [0, 0.1) is 27.7 Å². The number of carbonyl (C=O) groups excluding carboxylic acids is 2. The molecule has 5 nitrogen and oxygen atoms in total. The van der Waals surface area contributed by atoms with Crippen molar-refractivity contribution in [2.24, 2.45) is 0 Å². The molecule has 166 valence electrons. The average molecular weight is 541 g/mol. The summed E-state index contributed by atoms with van der Waals surface area (Å²) in [6.07, 6.45) is 1.86. The molecule has 1 aliphatic rings. The van der Waals surface area contributed by atoms with Crippen molar-refractivity contribution in [1.29, 1.82) is 0 Å². The minimum Gasteiger partial charge on any atom is -1.00 e. The predicted molar refractivity (Wildman–Crippen MR) is 122 cm³/mol. The molecule has 32 heavy (non-hydrogen) atoms. The van der Waals surface area contributed by atoms with E-state index in [4.69, 9.17) is 0 Å². The highest BCUT2D eigenvalue weighted by molar-refractivity contribution is 6.09. The molecular formula is C26H28IN3O2. The van der Waals surface area contributed by atoms with Crippen LogP contribution in [0.25, 0.3) is 0 Å². The van der Waals surface area contributed by atoms with E-state index in [1.165, 1.54) is 0 Å². The van der Waals surface area contributed by atoms with Crippen molar-refractivity contribution in [3.05, 3.63) is 88.7 Å². The Morgan fingerprint density at radius 3 is 2.31 bits per heavy atom. The molecule has 2 amide bonds. The Kier molecular flexibility index (Phi) is 6.74. The Balaban J connectivity index is 0.00000289. The fourth-order valence-corrected chi connectivity index (χ4v) is 4.53. The largest absolute Gasteiger partial charge is 1.00 e. The molecular weight excluding hydrogens is 513 g/mol. The van der Waals surface area contributed by atoms with E-state index in [1.807, 2.05) is 100.0 Å². The van der Waals surface area contributed by atoms with E-state index < -0.39 is 5.54 Å². The molecule has 1 unspecified atom stereocenters. The van der Waals surface area contributed by atoms with Crippen LogP contribution in [0.3, 0.4) is 0 Å². The molecule has 2 heterocycles. The highest BCUT2D eigenvalue weighted by atomic mass is 127. The van der Waals surface area contributed by atoms with Crippen LogP contribution in [0.5, 0.6) is 0 Å². The van der Waals surface area contributed by atoms with Gasteiger partial charge in [-0.2, -0.15) is 4.57 Å². The lowest BCUT2D eigenvalue weighted by Crippen LogP contribution is -3.00. The number of carbonyl (C=O) groups is 2. The first-order valence-electron chi connectivity index (χ1n) is 10.5. The second-order valence-corrected chi connectivity index (χ2v) is 8.53. The number of halogens is 1. The van der Waals surface area contributed by atoms with Gasteiger partial charge in [0.2, 0.25) is 17.8 Å². The standard InChI is InChI=1S/C26H27N3O2.HI/c1-17-12-13-21(20(4)15-17)29-23(30)16-28-14-7-6-11-22(28)26(29,5)25(31)27-24-18(2)9-8-10-19(24)3;/h6-15H,16H2,1-5H3;1H. The first-order valence-corrected chi connectivity index (χ1v) is 10.5. The van der Waals surface area contributed by atoms with Crippen LogP contribution >= 0.6 is 0 Å². The van der Waals surface area contributed by atoms with E-state index >= 15 is 0 Å². The number of para-hydroxylation sites is 1. The number of anilines is 2. The van der Waals surface area contributed by atoms with Gasteiger partial charge in [0.1, 0.15) is 0 Å². The number of nitrogens with zero attached hydrogens (tertiary/aromatic N) is 2. The maximum absolute atomic E-state index is 13.9. The topological polar surface area (TPSA) is 53.3 Å². The van der Waals surface area contributed by atoms with Crippen molar-refractivity contribution in [3.8, 4) is 0 Å². The molecule has 1 aliphatic heterocycles. The minimum absolute atomic E-state index is 0. The monoisotopic (exact) mass is 541 g/mol. The van der Waals surface area contributed by atoms with Crippen LogP contribution in [0.4, 0.5) is 11.4 Å². The molecule has 0 fully saturated rings. The molecule has 2 aromatic carbocycles. The summed E-state index contributed by atoms with van der Waals surface area (Å²) in [5, 5.41) is 3.13. The van der Waals surface area contributed by atoms with Crippen LogP contribution in [0.2, 0.25) is 0 Å². The molecule has 0 aliphatic carbocycles. The summed E-state index contributed by atoms with van der Waals surface area (Å²) in [7, 11) is 0. The third kappa shape index (κ3) is 3.92. The third-order valence-electron chi connectivity index (χ3n) is 6.20. The van der Waals surface area contributed by atoms with Gasteiger partial charge >= 0.3 is 0 Å². The van der Waals surface area contributed by atoms with E-state index in [0.717, 1.165) is 39.3 Å². The van der Waals surface area contributed by atoms with Gasteiger partial charge < -0.3 is 29.3 Å². The number of aryl methyl sites for hydroxylation is 4. The lowest BCUT2D eigenvalue weighted by Gasteiger charge is -2.41. The van der Waals surface area contributed by atoms with E-state index in [-0.39, 0.29) is 42.3 Å². The molecule has 1 aromatic heterocycles. The van der Waals surface area contributed by atoms with Crippen molar-refractivity contribution >= 4 is 23.2 Å². The van der Waals surface area contributed by atoms with Crippen molar-refractivity contribution in [2.75, 3.05) is 10.2 Å². The van der Waals surface area contributed by atoms with Crippen molar-refractivity contribution in [3.63, 3.8) is 0 Å². The minimum atomic E-state index is -1.22. The molecule has 0 bridgehead atoms. The Morgan fingerprint density at radius 2 is 1.66 bits per heavy atom. The smallest absolute Gasteiger partial charge is 0.294 e. The zero-order valence-corrected chi connectivity index (χ0v) is 21.2. The summed E-state index contributed by atoms with van der Waals surface area (Å²) in [6, 6.07) is 17.6. The normalized spacial score (nSPS) is 17.4. The number of hydrogen-bond donors (Lipinski definition) is 1. The lowest BCUT2D eigenvalue weighted by molar-refractivity contribution is -0.697. The number of rotatable bonds is 3. The average Bonchev–Trinajstić information content (AvgIpc) is 2.72. The molecule has 4 rings (SSSR count). The fourth-order valence-electron chi connectivity index (χ4n) is 4.53. The van der Waals surface area contributed by atoms with Gasteiger partial charge in [0, 0.05) is 23.5 Å². The van der Waals surface area contributed by atoms with Gasteiger partial charge in [0.15, 0.2) is 6.20 Å². The van der Waals surface area contributed by atoms with E-state index in [0.29, 0.717) is 0 Å². The van der Waals surface area contributed by atoms with Crippen LogP contribution < -0.4 is 38.8 Å². The summed E-state index contributed by atoms with van der Waals surface area (Å²) in [5.41, 5.74) is 5.14. The SMILES string of the molecule is Cc1ccc(N2C(=O)C[n+]3ccccc3C2(C)C(=O)Nc2c(C)cccc2C)c(C)c1.[I-]. The zero-order valence-electron chi connectivity index (χ0n) is 19.1. The Labute approximate surface area is 206 Å². The van der Waals surface area contributed by atoms with Gasteiger partial charge in [0.25, 0.3) is 11.8 Å². The molecule has 0 spiro atoms. The number of hydrogen-bond acceptors (Lipinski definition) is 2. The molecule has 1 atom stereocenters. The number of fused-ring (bicyclic) bond motifs is 1. The second-order valence-electron chi connectivity index (χ2n) is 8.53. The molecule has 0 radical (unpaired) electrons. The van der Waals surface area contributed by atoms with Gasteiger partial charge in [-0.25, -0.2) is 0 Å². The molecule has 1 N–H and O–H groups in total. The van der Waals surface area contributed by atoms with Crippen LogP contribution in [-0.4, -0.2) is 11.8 Å². The van der Waals surface area contributed by atoms with Crippen LogP contribution in [0.1, 0.15) is 34.9 Å². The number of nitrogens with one attached hydrogen (secondary N) is 1. The summed E-state index contributed by atoms with van der Waals surface area (Å²) in [4.78, 5) is 29.0. The highest BCUT2D eigenvalue weighted by Gasteiger charge is 2.54. The van der Waals surface area contributed by atoms with Crippen molar-refractivity contribution in [2.45, 2.75) is 46.7 Å². The van der Waals surface area contributed by atoms with E-state index in [1.54, 1.807) is 4.90 Å². The summed E-state index contributed by atoms with van der Waals surface area (Å²) in [5.74, 6) is -0.354. The van der Waals surface area contributed by atoms with E-state index in [9.17, 15) is 9.59 Å². The number of pyridine rings is 1. The maximum Gasteiger partial charge on any atom is 0.294 e. The van der Waals surface area contributed by atoms with Gasteiger partial charge in [-0.3, -0.25) is 14.5 Å². The number of benzene rings is 2. The molecule has 3 aromatic rings. The quantitative estimate of drug-likeness (QED) is 0.399. The zero-order chi connectivity index (χ0) is 22.3. The Hall–Kier alpha value is -2.74. The molecule has 0 saturated carbocycles. The molecule has 0 saturated heterocycles. The van der Waals surface area contributed by atoms with Crippen molar-refractivity contribution < 1.29 is 38.1 Å². The summed E-state index contributed by atoms with van der Waals surface area (Å²) >= 11 is 0. The van der Waals surface area contributed by atoms with Crippen LogP contribution in [-0.2, 0) is 21.7 Å². The third-order valence-corrected chi connectivity index (χ3v) is 6.20. The number of aromatic nitrogens is 1. The summed E-state index contributed by atoms with van der Waals surface area (Å²) in [6.45, 7) is 9.97. The van der Waals surface area contributed by atoms with Crippen LogP contribution in [0.15, 0.2) is 60.8 Å². The number of amides is 2. The molecule has 6 heteroatoms. The fraction of sp³-hybridized carbons (Fsp3) is 0.269. The summed E-state index contributed by atoms with van der Waals surface area (Å²) < 4.78 is 1.87. The Bertz CT molecular complexity index is 1190. The van der Waals surface area contributed by atoms with Gasteiger partial charge in [-0.1, -0.05) is 42.0 Å². The van der Waals surface area contributed by atoms with E-state index in [2.05, 4.69) is 5.32 Å². The van der Waals surface area contributed by atoms with Gasteiger partial charge in [-0.15, -0.1) is 0 Å². The van der Waals surface area contributed by atoms with Gasteiger partial charge in [-0.05, 0) is 57.4 Å². The lowest BCUT2D eigenvalue weighted by atomic mass is 9.88. The predicted octanol–water partition coefficient (Wildman–Crippen LogP) is 1.11.